The Balaban J connectivity index is 1.88. The largest absolute Gasteiger partial charge is 0.463 e. The number of amides is 1. The first kappa shape index (κ1) is 21.9. The van der Waals surface area contributed by atoms with Crippen LogP contribution in [-0.4, -0.2) is 71.6 Å². The van der Waals surface area contributed by atoms with Gasteiger partial charge in [0, 0.05) is 25.6 Å². The van der Waals surface area contributed by atoms with Crippen molar-refractivity contribution in [2.24, 2.45) is 4.99 Å². The minimum Gasteiger partial charge on any atom is -0.463 e. The Kier molecular flexibility index (Phi) is 9.86. The molecule has 1 aliphatic rings. The monoisotopic (exact) mass is 418 g/mol. The van der Waals surface area contributed by atoms with Gasteiger partial charge in [-0.1, -0.05) is 23.2 Å². The Morgan fingerprint density at radius 1 is 1.26 bits per heavy atom. The molecule has 9 heteroatoms. The van der Waals surface area contributed by atoms with Crippen molar-refractivity contribution in [1.82, 2.24) is 5.32 Å². The lowest BCUT2D eigenvalue weighted by Gasteiger charge is -2.23. The molecule has 1 saturated heterocycles. The molecule has 0 spiro atoms. The van der Waals surface area contributed by atoms with Crippen molar-refractivity contribution in [3.8, 4) is 0 Å². The maximum absolute atomic E-state index is 12.4. The second-order valence-electron chi connectivity index (χ2n) is 6.08. The molecule has 150 valence electrons. The molecule has 0 aromatic heterocycles. The number of nitrogens with one attached hydrogen (secondary N) is 2. The highest BCUT2D eigenvalue weighted by atomic mass is 35.5. The molecule has 0 bridgehead atoms. The minimum absolute atomic E-state index is 0.181. The van der Waals surface area contributed by atoms with Crippen molar-refractivity contribution < 1.29 is 23.9 Å². The molecule has 0 radical (unpaired) electrons. The second kappa shape index (κ2) is 12.2. The summed E-state index contributed by atoms with van der Waals surface area (Å²) in [4.78, 5) is 18.3. The summed E-state index contributed by atoms with van der Waals surface area (Å²) >= 11 is 11.9. The van der Waals surface area contributed by atoms with Crippen LogP contribution in [0.1, 0.15) is 16.8 Å². The van der Waals surface area contributed by atoms with E-state index in [9.17, 15) is 4.79 Å². The molecular formula is C18H26Cl2N3O4+. The van der Waals surface area contributed by atoms with E-state index in [-0.39, 0.29) is 11.9 Å². The van der Waals surface area contributed by atoms with E-state index in [1.54, 1.807) is 19.2 Å². The number of morpholine rings is 1. The summed E-state index contributed by atoms with van der Waals surface area (Å²) in [5.74, 6) is -0.358. The summed E-state index contributed by atoms with van der Waals surface area (Å²) in [7, 11) is 1.58. The number of quaternary nitrogens is 1. The van der Waals surface area contributed by atoms with E-state index >= 15 is 0 Å². The first-order chi connectivity index (χ1) is 13.1. The Bertz CT molecular complexity index is 637. The van der Waals surface area contributed by atoms with Gasteiger partial charge < -0.3 is 19.1 Å². The third-order valence-electron chi connectivity index (χ3n) is 4.07. The normalized spacial score (nSPS) is 15.6. The van der Waals surface area contributed by atoms with E-state index in [1.165, 1.54) is 11.0 Å². The van der Waals surface area contributed by atoms with Crippen LogP contribution in [0, 0.1) is 0 Å². The van der Waals surface area contributed by atoms with Gasteiger partial charge in [0.15, 0.2) is 0 Å². The number of amidine groups is 1. The number of hydrogen-bond donors (Lipinski definition) is 2. The highest BCUT2D eigenvalue weighted by molar-refractivity contribution is 6.42. The zero-order valence-electron chi connectivity index (χ0n) is 15.4. The number of carbonyl (C=O) groups is 1. The van der Waals surface area contributed by atoms with Gasteiger partial charge in [0.05, 0.1) is 36.4 Å². The molecule has 27 heavy (non-hydrogen) atoms. The molecule has 1 fully saturated rings. The Labute approximate surface area is 169 Å². The predicted molar refractivity (Wildman–Crippen MR) is 105 cm³/mol. The average molecular weight is 419 g/mol. The zero-order valence-corrected chi connectivity index (χ0v) is 16.9. The molecule has 2 N–H and O–H groups in total. The van der Waals surface area contributed by atoms with Crippen LogP contribution >= 0.6 is 23.2 Å². The summed E-state index contributed by atoms with van der Waals surface area (Å²) < 4.78 is 15.9. The van der Waals surface area contributed by atoms with Gasteiger partial charge in [-0.05, 0) is 18.2 Å². The number of halogens is 2. The SMILES string of the molecule is COCCOC(=NCCC[NH+]1CCOCC1)NC(=O)c1ccc(Cl)c(Cl)c1. The highest BCUT2D eigenvalue weighted by Crippen LogP contribution is 2.22. The molecule has 1 heterocycles. The van der Waals surface area contributed by atoms with Crippen LogP contribution in [0.25, 0.3) is 0 Å². The van der Waals surface area contributed by atoms with Crippen LogP contribution in [0.2, 0.25) is 10.0 Å². The van der Waals surface area contributed by atoms with Crippen LogP contribution in [0.4, 0.5) is 0 Å². The Morgan fingerprint density at radius 2 is 2.04 bits per heavy atom. The van der Waals surface area contributed by atoms with Gasteiger partial charge in [-0.2, -0.15) is 0 Å². The number of aliphatic imine (C=N–C) groups is 1. The molecule has 1 aromatic carbocycles. The maximum Gasteiger partial charge on any atom is 0.291 e. The molecule has 0 unspecified atom stereocenters. The van der Waals surface area contributed by atoms with Crippen molar-refractivity contribution >= 4 is 35.1 Å². The summed E-state index contributed by atoms with van der Waals surface area (Å²) in [5.41, 5.74) is 0.380. The third-order valence-corrected chi connectivity index (χ3v) is 4.81. The van der Waals surface area contributed by atoms with E-state index in [4.69, 9.17) is 37.4 Å². The number of carbonyl (C=O) groups excluding carboxylic acids is 1. The number of hydrogen-bond acceptors (Lipinski definition) is 5. The lowest BCUT2D eigenvalue weighted by molar-refractivity contribution is -0.908. The fourth-order valence-corrected chi connectivity index (χ4v) is 2.87. The van der Waals surface area contributed by atoms with Gasteiger partial charge in [-0.25, -0.2) is 4.99 Å². The number of methoxy groups -OCH3 is 1. The lowest BCUT2D eigenvalue weighted by Crippen LogP contribution is -3.14. The van der Waals surface area contributed by atoms with Crippen molar-refractivity contribution in [1.29, 1.82) is 0 Å². The third kappa shape index (κ3) is 8.02. The van der Waals surface area contributed by atoms with Gasteiger partial charge in [-0.3, -0.25) is 10.1 Å². The molecule has 1 aliphatic heterocycles. The molecular weight excluding hydrogens is 393 g/mol. The summed E-state index contributed by atoms with van der Waals surface area (Å²) in [6.45, 7) is 5.94. The quantitative estimate of drug-likeness (QED) is 0.375. The molecule has 0 atom stereocenters. The Morgan fingerprint density at radius 3 is 2.74 bits per heavy atom. The summed E-state index contributed by atoms with van der Waals surface area (Å²) in [5, 5.41) is 3.39. The van der Waals surface area contributed by atoms with Crippen molar-refractivity contribution in [3.05, 3.63) is 33.8 Å². The van der Waals surface area contributed by atoms with E-state index < -0.39 is 0 Å². The van der Waals surface area contributed by atoms with Gasteiger partial charge in [-0.15, -0.1) is 0 Å². The molecule has 0 saturated carbocycles. The fourth-order valence-electron chi connectivity index (χ4n) is 2.57. The van der Waals surface area contributed by atoms with Crippen molar-refractivity contribution in [3.63, 3.8) is 0 Å². The molecule has 7 nitrogen and oxygen atoms in total. The maximum atomic E-state index is 12.4. The number of ether oxygens (including phenoxy) is 3. The van der Waals surface area contributed by atoms with E-state index in [2.05, 4.69) is 10.3 Å². The molecule has 1 amide bonds. The molecule has 2 rings (SSSR count). The van der Waals surface area contributed by atoms with E-state index in [0.717, 1.165) is 39.3 Å². The van der Waals surface area contributed by atoms with Crippen LogP contribution in [0.15, 0.2) is 23.2 Å². The first-order valence-electron chi connectivity index (χ1n) is 8.94. The molecule has 1 aromatic rings. The highest BCUT2D eigenvalue weighted by Gasteiger charge is 2.14. The van der Waals surface area contributed by atoms with Crippen LogP contribution in [-0.2, 0) is 14.2 Å². The van der Waals surface area contributed by atoms with Crippen molar-refractivity contribution in [2.45, 2.75) is 6.42 Å². The first-order valence-corrected chi connectivity index (χ1v) is 9.69. The number of benzene rings is 1. The lowest BCUT2D eigenvalue weighted by atomic mass is 10.2. The number of rotatable bonds is 8. The summed E-state index contributed by atoms with van der Waals surface area (Å²) in [6.07, 6.45) is 0.898. The topological polar surface area (TPSA) is 73.6 Å². The van der Waals surface area contributed by atoms with Gasteiger partial charge in [0.2, 0.25) is 0 Å². The standard InChI is InChI=1S/C18H25Cl2N3O4/c1-25-11-12-27-18(21-5-2-6-23-7-9-26-10-8-23)22-17(24)14-3-4-15(19)16(20)13-14/h3-4,13H,2,5-12H2,1H3,(H,21,22,24)/p+1. The smallest absolute Gasteiger partial charge is 0.291 e. The minimum atomic E-state index is -0.358. The van der Waals surface area contributed by atoms with Crippen LogP contribution < -0.4 is 10.2 Å². The zero-order chi connectivity index (χ0) is 19.5. The average Bonchev–Trinajstić information content (AvgIpc) is 2.68. The summed E-state index contributed by atoms with van der Waals surface area (Å²) in [6, 6.07) is 4.86. The van der Waals surface area contributed by atoms with Gasteiger partial charge >= 0.3 is 0 Å². The van der Waals surface area contributed by atoms with Gasteiger partial charge in [0.25, 0.3) is 11.9 Å². The molecule has 0 aliphatic carbocycles. The fraction of sp³-hybridized carbons (Fsp3) is 0.556. The number of nitrogens with zero attached hydrogens (tertiary/aromatic N) is 1. The predicted octanol–water partition coefficient (Wildman–Crippen LogP) is 1.05. The van der Waals surface area contributed by atoms with Gasteiger partial charge in [0.1, 0.15) is 19.7 Å². The van der Waals surface area contributed by atoms with E-state index in [1.807, 2.05) is 0 Å². The van der Waals surface area contributed by atoms with Crippen molar-refractivity contribution in [2.75, 3.05) is 59.7 Å². The van der Waals surface area contributed by atoms with E-state index in [0.29, 0.717) is 35.4 Å². The van der Waals surface area contributed by atoms with Crippen LogP contribution in [0.3, 0.4) is 0 Å². The Hall–Kier alpha value is -1.38. The second-order valence-corrected chi connectivity index (χ2v) is 6.89. The van der Waals surface area contributed by atoms with Crippen LogP contribution in [0.5, 0.6) is 0 Å².